The Morgan fingerprint density at radius 2 is 1.93 bits per heavy atom. The number of hydrogen-bond acceptors (Lipinski definition) is 5. The second-order valence-electron chi connectivity index (χ2n) is 3.86. The quantitative estimate of drug-likeness (QED) is 0.793. The summed E-state index contributed by atoms with van der Waals surface area (Å²) in [5.41, 5.74) is 5.79. The van der Waals surface area contributed by atoms with Crippen LogP contribution in [0.25, 0.3) is 0 Å². The minimum atomic E-state index is -0.187. The fourth-order valence-corrected chi connectivity index (χ4v) is 0.891. The van der Waals surface area contributed by atoms with E-state index in [9.17, 15) is 0 Å². The highest BCUT2D eigenvalue weighted by Gasteiger charge is 2.16. The van der Waals surface area contributed by atoms with E-state index in [2.05, 4.69) is 9.97 Å². The molecule has 84 valence electrons. The van der Waals surface area contributed by atoms with Gasteiger partial charge in [-0.25, -0.2) is 9.97 Å². The number of methoxy groups -OCH3 is 1. The molecule has 2 N–H and O–H groups in total. The molecule has 0 radical (unpaired) electrons. The first-order valence-electron chi connectivity index (χ1n) is 4.79. The van der Waals surface area contributed by atoms with Crippen molar-refractivity contribution < 1.29 is 9.47 Å². The van der Waals surface area contributed by atoms with Crippen LogP contribution in [0, 0.1) is 0 Å². The minimum absolute atomic E-state index is 0.187. The average Bonchev–Trinajstić information content (AvgIpc) is 2.21. The van der Waals surface area contributed by atoms with E-state index in [1.54, 1.807) is 7.11 Å². The van der Waals surface area contributed by atoms with E-state index in [-0.39, 0.29) is 5.60 Å². The third-order valence-corrected chi connectivity index (χ3v) is 2.14. The molecule has 0 atom stereocenters. The molecule has 1 heterocycles. The molecule has 0 aliphatic heterocycles. The lowest BCUT2D eigenvalue weighted by Crippen LogP contribution is -2.25. The molecule has 0 bridgehead atoms. The third-order valence-electron chi connectivity index (χ3n) is 2.14. The van der Waals surface area contributed by atoms with Crippen LogP contribution in [0.3, 0.4) is 0 Å². The smallest absolute Gasteiger partial charge is 0.316 e. The predicted octanol–water partition coefficient (Wildman–Crippen LogP) is 1.25. The van der Waals surface area contributed by atoms with Crippen LogP contribution in [0.4, 0.5) is 5.69 Å². The molecule has 5 nitrogen and oxygen atoms in total. The molecule has 0 unspecified atom stereocenters. The largest absolute Gasteiger partial charge is 0.463 e. The van der Waals surface area contributed by atoms with Crippen LogP contribution in [0.2, 0.25) is 0 Å². The molecular weight excluding hydrogens is 194 g/mol. The monoisotopic (exact) mass is 211 g/mol. The normalized spacial score (nSPS) is 11.4. The Morgan fingerprint density at radius 1 is 1.33 bits per heavy atom. The molecular formula is C10H17N3O2. The number of anilines is 1. The molecule has 1 aromatic rings. The first-order chi connectivity index (χ1) is 7.03. The Bertz CT molecular complexity index is 298. The van der Waals surface area contributed by atoms with Gasteiger partial charge < -0.3 is 15.2 Å². The lowest BCUT2D eigenvalue weighted by molar-refractivity contribution is 0.00467. The summed E-state index contributed by atoms with van der Waals surface area (Å²) in [5.74, 6) is 0. The summed E-state index contributed by atoms with van der Waals surface area (Å²) in [4.78, 5) is 7.85. The van der Waals surface area contributed by atoms with Crippen molar-refractivity contribution in [2.75, 3.05) is 19.5 Å². The van der Waals surface area contributed by atoms with E-state index in [1.807, 2.05) is 13.8 Å². The maximum Gasteiger partial charge on any atom is 0.316 e. The highest BCUT2D eigenvalue weighted by Crippen LogP contribution is 2.13. The van der Waals surface area contributed by atoms with Gasteiger partial charge in [0.1, 0.15) is 0 Å². The maximum atomic E-state index is 5.45. The lowest BCUT2D eigenvalue weighted by Gasteiger charge is -2.22. The van der Waals surface area contributed by atoms with Gasteiger partial charge in [0.2, 0.25) is 0 Å². The van der Waals surface area contributed by atoms with Gasteiger partial charge in [0.05, 0.1) is 30.3 Å². The molecule has 5 heteroatoms. The summed E-state index contributed by atoms with van der Waals surface area (Å²) in [7, 11) is 1.68. The second kappa shape index (κ2) is 4.93. The van der Waals surface area contributed by atoms with Gasteiger partial charge in [-0.3, -0.25) is 0 Å². The van der Waals surface area contributed by atoms with Crippen molar-refractivity contribution in [3.8, 4) is 6.01 Å². The predicted molar refractivity (Wildman–Crippen MR) is 57.6 cm³/mol. The Hall–Kier alpha value is -1.36. The summed E-state index contributed by atoms with van der Waals surface area (Å²) < 4.78 is 10.6. The third kappa shape index (κ3) is 4.12. The summed E-state index contributed by atoms with van der Waals surface area (Å²) in [6, 6.07) is 0.344. The number of nitrogens with zero attached hydrogens (tertiary/aromatic N) is 2. The Labute approximate surface area is 89.6 Å². The Balaban J connectivity index is 2.35. The van der Waals surface area contributed by atoms with E-state index >= 15 is 0 Å². The van der Waals surface area contributed by atoms with Crippen molar-refractivity contribution in [2.24, 2.45) is 0 Å². The number of hydrogen-bond donors (Lipinski definition) is 1. The van der Waals surface area contributed by atoms with Gasteiger partial charge in [-0.2, -0.15) is 0 Å². The fraction of sp³-hybridized carbons (Fsp3) is 0.600. The lowest BCUT2D eigenvalue weighted by atomic mass is 10.1. The van der Waals surface area contributed by atoms with E-state index in [0.717, 1.165) is 6.42 Å². The van der Waals surface area contributed by atoms with Crippen molar-refractivity contribution in [1.82, 2.24) is 9.97 Å². The molecule has 1 rings (SSSR count). The highest BCUT2D eigenvalue weighted by atomic mass is 16.5. The average molecular weight is 211 g/mol. The van der Waals surface area contributed by atoms with Crippen molar-refractivity contribution in [3.63, 3.8) is 0 Å². The van der Waals surface area contributed by atoms with Crippen molar-refractivity contribution in [1.29, 1.82) is 0 Å². The van der Waals surface area contributed by atoms with Gasteiger partial charge in [0.15, 0.2) is 0 Å². The topological polar surface area (TPSA) is 70.3 Å². The zero-order valence-electron chi connectivity index (χ0n) is 9.36. The van der Waals surface area contributed by atoms with Crippen LogP contribution in [-0.2, 0) is 4.74 Å². The molecule has 0 fully saturated rings. The molecule has 0 amide bonds. The number of ether oxygens (including phenoxy) is 2. The summed E-state index contributed by atoms with van der Waals surface area (Å²) >= 11 is 0. The Morgan fingerprint density at radius 3 is 2.47 bits per heavy atom. The summed E-state index contributed by atoms with van der Waals surface area (Å²) in [5, 5.41) is 0. The molecule has 0 saturated carbocycles. The molecule has 0 spiro atoms. The van der Waals surface area contributed by atoms with Crippen LogP contribution < -0.4 is 10.5 Å². The van der Waals surface area contributed by atoms with Crippen molar-refractivity contribution in [3.05, 3.63) is 12.4 Å². The SMILES string of the molecule is COC(C)(C)CCOc1ncc(N)cn1. The van der Waals surface area contributed by atoms with Gasteiger partial charge in [0.25, 0.3) is 0 Å². The number of nitrogens with two attached hydrogens (primary N) is 1. The van der Waals surface area contributed by atoms with E-state index in [0.29, 0.717) is 18.3 Å². The van der Waals surface area contributed by atoms with Gasteiger partial charge in [-0.15, -0.1) is 0 Å². The second-order valence-corrected chi connectivity index (χ2v) is 3.86. The van der Waals surface area contributed by atoms with Crippen LogP contribution in [0.15, 0.2) is 12.4 Å². The molecule has 15 heavy (non-hydrogen) atoms. The van der Waals surface area contributed by atoms with Gasteiger partial charge in [0, 0.05) is 13.5 Å². The highest BCUT2D eigenvalue weighted by molar-refractivity contribution is 5.30. The maximum absolute atomic E-state index is 5.45. The first kappa shape index (κ1) is 11.7. The standard InChI is InChI=1S/C10H17N3O2/c1-10(2,14-3)4-5-15-9-12-6-8(11)7-13-9/h6-7H,4-5,11H2,1-3H3. The molecule has 0 aromatic carbocycles. The van der Waals surface area contributed by atoms with E-state index in [4.69, 9.17) is 15.2 Å². The molecule has 0 saturated heterocycles. The first-order valence-corrected chi connectivity index (χ1v) is 4.79. The van der Waals surface area contributed by atoms with Crippen LogP contribution in [-0.4, -0.2) is 29.3 Å². The van der Waals surface area contributed by atoms with Crippen molar-refractivity contribution in [2.45, 2.75) is 25.9 Å². The minimum Gasteiger partial charge on any atom is -0.463 e. The number of aromatic nitrogens is 2. The molecule has 1 aromatic heterocycles. The summed E-state index contributed by atoms with van der Waals surface area (Å²) in [6.07, 6.45) is 3.81. The van der Waals surface area contributed by atoms with E-state index in [1.165, 1.54) is 12.4 Å². The summed E-state index contributed by atoms with van der Waals surface area (Å²) in [6.45, 7) is 4.52. The Kier molecular flexibility index (Phi) is 3.85. The van der Waals surface area contributed by atoms with Gasteiger partial charge in [-0.1, -0.05) is 0 Å². The van der Waals surface area contributed by atoms with Crippen LogP contribution >= 0.6 is 0 Å². The molecule has 0 aliphatic rings. The molecule has 0 aliphatic carbocycles. The van der Waals surface area contributed by atoms with Gasteiger partial charge >= 0.3 is 6.01 Å². The fourth-order valence-electron chi connectivity index (χ4n) is 0.891. The number of nitrogen functional groups attached to an aromatic ring is 1. The van der Waals surface area contributed by atoms with Gasteiger partial charge in [-0.05, 0) is 13.8 Å². The zero-order valence-corrected chi connectivity index (χ0v) is 9.36. The zero-order chi connectivity index (χ0) is 11.3. The van der Waals surface area contributed by atoms with Crippen molar-refractivity contribution >= 4 is 5.69 Å². The van der Waals surface area contributed by atoms with Crippen LogP contribution in [0.5, 0.6) is 6.01 Å². The number of rotatable bonds is 5. The van der Waals surface area contributed by atoms with E-state index < -0.39 is 0 Å². The van der Waals surface area contributed by atoms with Crippen LogP contribution in [0.1, 0.15) is 20.3 Å².